The van der Waals surface area contributed by atoms with Crippen LogP contribution in [0.2, 0.25) is 0 Å². The molecule has 1 heterocycles. The number of nitrogens with one attached hydrogen (secondary N) is 2. The van der Waals surface area contributed by atoms with Gasteiger partial charge in [-0.25, -0.2) is 0 Å². The van der Waals surface area contributed by atoms with Crippen molar-refractivity contribution in [1.29, 1.82) is 0 Å². The largest absolute Gasteiger partial charge is 0.345 e. The fourth-order valence-electron chi connectivity index (χ4n) is 2.43. The summed E-state index contributed by atoms with van der Waals surface area (Å²) >= 11 is 0. The molecular weight excluding hydrogens is 242 g/mol. The molecule has 5 nitrogen and oxygen atoms in total. The number of carbonyl (C=O) groups excluding carboxylic acids is 2. The smallest absolute Gasteiger partial charge is 0.245 e. The van der Waals surface area contributed by atoms with Gasteiger partial charge in [0, 0.05) is 32.6 Å². The van der Waals surface area contributed by atoms with Crippen molar-refractivity contribution in [3.8, 4) is 0 Å². The normalized spacial score (nSPS) is 21.9. The van der Waals surface area contributed by atoms with Crippen LogP contribution in [-0.4, -0.2) is 48.4 Å². The molecule has 1 aliphatic rings. The van der Waals surface area contributed by atoms with Crippen LogP contribution >= 0.6 is 0 Å². The molecule has 0 bridgehead atoms. The first-order valence-corrected chi connectivity index (χ1v) is 6.99. The Labute approximate surface area is 116 Å². The van der Waals surface area contributed by atoms with Gasteiger partial charge >= 0.3 is 0 Å². The summed E-state index contributed by atoms with van der Waals surface area (Å²) in [4.78, 5) is 25.8. The molecule has 2 amide bonds. The van der Waals surface area contributed by atoms with Gasteiger partial charge in [0.2, 0.25) is 11.8 Å². The van der Waals surface area contributed by atoms with Crippen LogP contribution in [0.3, 0.4) is 0 Å². The van der Waals surface area contributed by atoms with Gasteiger partial charge in [-0.1, -0.05) is 20.8 Å². The molecule has 5 heteroatoms. The Morgan fingerprint density at radius 1 is 1.42 bits per heavy atom. The van der Waals surface area contributed by atoms with Crippen molar-refractivity contribution in [3.63, 3.8) is 0 Å². The first kappa shape index (κ1) is 16.0. The van der Waals surface area contributed by atoms with Crippen LogP contribution in [0, 0.1) is 5.41 Å². The predicted octanol–water partition coefficient (Wildman–Crippen LogP) is 0.748. The maximum atomic E-state index is 12.6. The summed E-state index contributed by atoms with van der Waals surface area (Å²) in [6, 6.07) is -0.240. The van der Waals surface area contributed by atoms with E-state index in [9.17, 15) is 9.59 Å². The molecule has 0 radical (unpaired) electrons. The maximum absolute atomic E-state index is 12.6. The van der Waals surface area contributed by atoms with Crippen LogP contribution in [0.1, 0.15) is 41.0 Å². The van der Waals surface area contributed by atoms with Gasteiger partial charge in [-0.15, -0.1) is 0 Å². The molecule has 1 rings (SSSR count). The zero-order valence-corrected chi connectivity index (χ0v) is 12.7. The molecule has 19 heavy (non-hydrogen) atoms. The van der Waals surface area contributed by atoms with E-state index in [0.29, 0.717) is 13.0 Å². The van der Waals surface area contributed by atoms with Crippen LogP contribution in [0.25, 0.3) is 0 Å². The first-order valence-electron chi connectivity index (χ1n) is 6.99. The summed E-state index contributed by atoms with van der Waals surface area (Å²) in [5.41, 5.74) is 0.0000511. The molecule has 0 aromatic carbocycles. The van der Waals surface area contributed by atoms with E-state index in [1.807, 2.05) is 11.8 Å². The fraction of sp³-hybridized carbons (Fsp3) is 0.857. The summed E-state index contributed by atoms with van der Waals surface area (Å²) in [5.74, 6) is -0.107. The van der Waals surface area contributed by atoms with Crippen molar-refractivity contribution >= 4 is 11.8 Å². The van der Waals surface area contributed by atoms with Gasteiger partial charge in [-0.2, -0.15) is 0 Å². The summed E-state index contributed by atoms with van der Waals surface area (Å²) < 4.78 is 0. The second-order valence-electron chi connectivity index (χ2n) is 6.60. The average molecular weight is 269 g/mol. The zero-order chi connectivity index (χ0) is 14.6. The number of nitrogens with zero attached hydrogens (tertiary/aromatic N) is 1. The Hall–Kier alpha value is -1.10. The second-order valence-corrected chi connectivity index (χ2v) is 6.60. The second kappa shape index (κ2) is 6.37. The third-order valence-corrected chi connectivity index (χ3v) is 3.28. The van der Waals surface area contributed by atoms with E-state index in [2.05, 4.69) is 31.4 Å². The minimum absolute atomic E-state index is 0.0000511. The molecule has 1 aliphatic heterocycles. The number of amides is 2. The minimum Gasteiger partial charge on any atom is -0.345 e. The Balaban J connectivity index is 2.77. The van der Waals surface area contributed by atoms with Crippen molar-refractivity contribution < 1.29 is 9.59 Å². The fourth-order valence-corrected chi connectivity index (χ4v) is 2.43. The van der Waals surface area contributed by atoms with Crippen molar-refractivity contribution in [1.82, 2.24) is 15.5 Å². The quantitative estimate of drug-likeness (QED) is 0.795. The molecule has 0 aliphatic carbocycles. The molecule has 0 saturated carbocycles. The third kappa shape index (κ3) is 5.19. The van der Waals surface area contributed by atoms with E-state index in [1.54, 1.807) is 0 Å². The van der Waals surface area contributed by atoms with Crippen molar-refractivity contribution in [3.05, 3.63) is 0 Å². The highest BCUT2D eigenvalue weighted by atomic mass is 16.2. The van der Waals surface area contributed by atoms with Crippen LogP contribution in [0.4, 0.5) is 0 Å². The number of piperazine rings is 1. The highest BCUT2D eigenvalue weighted by molar-refractivity contribution is 5.87. The average Bonchev–Trinajstić information content (AvgIpc) is 2.25. The number of carbonyl (C=O) groups is 2. The molecule has 1 fully saturated rings. The van der Waals surface area contributed by atoms with E-state index in [-0.39, 0.29) is 23.3 Å². The standard InChI is InChI=1S/C14H27N3O2/c1-10-9-15-6-7-17(10)13(19)12(16-11(2)18)8-14(3,4)5/h10,12,15H,6-9H2,1-5H3,(H,16,18)/t10?,12-/m0/s1. The van der Waals surface area contributed by atoms with E-state index >= 15 is 0 Å². The van der Waals surface area contributed by atoms with Crippen LogP contribution in [0.5, 0.6) is 0 Å². The lowest BCUT2D eigenvalue weighted by molar-refractivity contribution is -0.139. The van der Waals surface area contributed by atoms with Crippen LogP contribution in [-0.2, 0) is 9.59 Å². The van der Waals surface area contributed by atoms with E-state index < -0.39 is 6.04 Å². The summed E-state index contributed by atoms with van der Waals surface area (Å²) in [5, 5.41) is 6.07. The zero-order valence-electron chi connectivity index (χ0n) is 12.7. The summed E-state index contributed by atoms with van der Waals surface area (Å²) in [6.45, 7) is 12.1. The Bertz CT molecular complexity index is 336. The van der Waals surface area contributed by atoms with Crippen molar-refractivity contribution in [2.24, 2.45) is 5.41 Å². The highest BCUT2D eigenvalue weighted by Gasteiger charge is 2.32. The van der Waals surface area contributed by atoms with Gasteiger partial charge < -0.3 is 15.5 Å². The van der Waals surface area contributed by atoms with Gasteiger partial charge in [0.25, 0.3) is 0 Å². The van der Waals surface area contributed by atoms with Crippen molar-refractivity contribution in [2.45, 2.75) is 53.1 Å². The van der Waals surface area contributed by atoms with E-state index in [1.165, 1.54) is 6.92 Å². The predicted molar refractivity (Wildman–Crippen MR) is 75.7 cm³/mol. The number of hydrogen-bond acceptors (Lipinski definition) is 3. The maximum Gasteiger partial charge on any atom is 0.245 e. The summed E-state index contributed by atoms with van der Waals surface area (Å²) in [6.07, 6.45) is 0.655. The molecule has 2 N–H and O–H groups in total. The van der Waals surface area contributed by atoms with Gasteiger partial charge in [0.05, 0.1) is 0 Å². The molecule has 0 spiro atoms. The summed E-state index contributed by atoms with van der Waals surface area (Å²) in [7, 11) is 0. The lowest BCUT2D eigenvalue weighted by Gasteiger charge is -2.37. The Kier molecular flexibility index (Phi) is 5.35. The molecular formula is C14H27N3O2. The Morgan fingerprint density at radius 2 is 2.05 bits per heavy atom. The molecule has 0 aromatic rings. The number of hydrogen-bond donors (Lipinski definition) is 2. The van der Waals surface area contributed by atoms with Gasteiger partial charge in [0.1, 0.15) is 6.04 Å². The number of rotatable bonds is 3. The van der Waals surface area contributed by atoms with Gasteiger partial charge in [-0.3, -0.25) is 9.59 Å². The highest BCUT2D eigenvalue weighted by Crippen LogP contribution is 2.22. The van der Waals surface area contributed by atoms with Gasteiger partial charge in [-0.05, 0) is 18.8 Å². The molecule has 2 atom stereocenters. The van der Waals surface area contributed by atoms with Crippen LogP contribution < -0.4 is 10.6 Å². The molecule has 1 unspecified atom stereocenters. The lowest BCUT2D eigenvalue weighted by atomic mass is 9.87. The lowest BCUT2D eigenvalue weighted by Crippen LogP contribution is -2.58. The third-order valence-electron chi connectivity index (χ3n) is 3.28. The molecule has 110 valence electrons. The van der Waals surface area contributed by atoms with E-state index in [4.69, 9.17) is 0 Å². The first-order chi connectivity index (χ1) is 8.70. The topological polar surface area (TPSA) is 61.4 Å². The van der Waals surface area contributed by atoms with Crippen molar-refractivity contribution in [2.75, 3.05) is 19.6 Å². The Morgan fingerprint density at radius 3 is 2.53 bits per heavy atom. The molecule has 1 saturated heterocycles. The molecule has 0 aromatic heterocycles. The monoisotopic (exact) mass is 269 g/mol. The van der Waals surface area contributed by atoms with Gasteiger partial charge in [0.15, 0.2) is 0 Å². The van der Waals surface area contributed by atoms with Crippen LogP contribution in [0.15, 0.2) is 0 Å². The SMILES string of the molecule is CC(=O)N[C@@H](CC(C)(C)C)C(=O)N1CCNCC1C. The van der Waals surface area contributed by atoms with E-state index in [0.717, 1.165) is 13.1 Å². The minimum atomic E-state index is -0.418.